The number of rotatable bonds is 3. The average molecular weight is 320 g/mol. The standard InChI is InChI=1S/C17H28N4O2/c1-12-10-13(2)20-15(19-12)18-11-14-8-6-7-9-21(14)16(22)23-17(3,4)5/h10,14H,6-9,11H2,1-5H3,(H,18,19,20)/t14-/m1/s1. The van der Waals surface area contributed by atoms with E-state index in [1.165, 1.54) is 0 Å². The molecule has 1 fully saturated rings. The number of nitrogens with one attached hydrogen (secondary N) is 1. The highest BCUT2D eigenvalue weighted by atomic mass is 16.6. The normalized spacial score (nSPS) is 18.7. The molecule has 1 N–H and O–H groups in total. The van der Waals surface area contributed by atoms with E-state index in [1.54, 1.807) is 0 Å². The van der Waals surface area contributed by atoms with Crippen LogP contribution in [0.25, 0.3) is 0 Å². The van der Waals surface area contributed by atoms with E-state index in [0.717, 1.165) is 37.2 Å². The molecule has 0 aromatic carbocycles. The van der Waals surface area contributed by atoms with Crippen molar-refractivity contribution in [3.8, 4) is 0 Å². The van der Waals surface area contributed by atoms with Crippen molar-refractivity contribution in [1.29, 1.82) is 0 Å². The maximum absolute atomic E-state index is 12.4. The molecule has 0 unspecified atom stereocenters. The zero-order chi connectivity index (χ0) is 17.0. The van der Waals surface area contributed by atoms with Crippen molar-refractivity contribution in [1.82, 2.24) is 14.9 Å². The number of piperidine rings is 1. The molecular formula is C17H28N4O2. The zero-order valence-corrected chi connectivity index (χ0v) is 14.8. The summed E-state index contributed by atoms with van der Waals surface area (Å²) in [5.41, 5.74) is 1.41. The summed E-state index contributed by atoms with van der Waals surface area (Å²) in [4.78, 5) is 23.0. The van der Waals surface area contributed by atoms with Gasteiger partial charge >= 0.3 is 6.09 Å². The Kier molecular flexibility index (Phi) is 5.44. The van der Waals surface area contributed by atoms with Gasteiger partial charge in [-0.3, -0.25) is 0 Å². The highest BCUT2D eigenvalue weighted by Gasteiger charge is 2.30. The second kappa shape index (κ2) is 7.15. The zero-order valence-electron chi connectivity index (χ0n) is 14.8. The maximum Gasteiger partial charge on any atom is 0.410 e. The van der Waals surface area contributed by atoms with Gasteiger partial charge < -0.3 is 15.0 Å². The summed E-state index contributed by atoms with van der Waals surface area (Å²) in [5, 5.41) is 3.27. The van der Waals surface area contributed by atoms with Crippen LogP contribution >= 0.6 is 0 Å². The monoisotopic (exact) mass is 320 g/mol. The molecule has 0 spiro atoms. The molecule has 6 heteroatoms. The van der Waals surface area contributed by atoms with Crippen molar-refractivity contribution in [2.24, 2.45) is 0 Å². The molecule has 1 atom stereocenters. The van der Waals surface area contributed by atoms with Crippen LogP contribution in [0.5, 0.6) is 0 Å². The summed E-state index contributed by atoms with van der Waals surface area (Å²) in [6.07, 6.45) is 2.89. The van der Waals surface area contributed by atoms with E-state index < -0.39 is 5.60 Å². The van der Waals surface area contributed by atoms with Gasteiger partial charge in [0.05, 0.1) is 6.04 Å². The summed E-state index contributed by atoms with van der Waals surface area (Å²) >= 11 is 0. The lowest BCUT2D eigenvalue weighted by Crippen LogP contribution is -2.49. The third-order valence-corrected chi connectivity index (χ3v) is 3.73. The summed E-state index contributed by atoms with van der Waals surface area (Å²) in [5.74, 6) is 0.622. The molecule has 1 saturated heterocycles. The first-order chi connectivity index (χ1) is 10.7. The smallest absolute Gasteiger partial charge is 0.410 e. The summed E-state index contributed by atoms with van der Waals surface area (Å²) in [6, 6.07) is 2.06. The molecule has 1 aliphatic rings. The number of ether oxygens (including phenoxy) is 1. The van der Waals surface area contributed by atoms with Crippen molar-refractivity contribution in [3.63, 3.8) is 0 Å². The minimum Gasteiger partial charge on any atom is -0.444 e. The van der Waals surface area contributed by atoms with Gasteiger partial charge in [-0.2, -0.15) is 0 Å². The number of aryl methyl sites for hydroxylation is 2. The van der Waals surface area contributed by atoms with Crippen LogP contribution < -0.4 is 5.32 Å². The van der Waals surface area contributed by atoms with Crippen molar-refractivity contribution in [3.05, 3.63) is 17.5 Å². The highest BCUT2D eigenvalue weighted by Crippen LogP contribution is 2.20. The number of carbonyl (C=O) groups is 1. The Balaban J connectivity index is 1.99. The molecule has 0 radical (unpaired) electrons. The van der Waals surface area contributed by atoms with Crippen molar-refractivity contribution < 1.29 is 9.53 Å². The molecule has 1 aliphatic heterocycles. The molecule has 0 aliphatic carbocycles. The summed E-state index contributed by atoms with van der Waals surface area (Å²) in [7, 11) is 0. The van der Waals surface area contributed by atoms with Crippen molar-refractivity contribution >= 4 is 12.0 Å². The minimum absolute atomic E-state index is 0.114. The quantitative estimate of drug-likeness (QED) is 0.925. The highest BCUT2D eigenvalue weighted by molar-refractivity contribution is 5.68. The molecular weight excluding hydrogens is 292 g/mol. The van der Waals surface area contributed by atoms with Crippen LogP contribution in [-0.2, 0) is 4.74 Å². The number of anilines is 1. The van der Waals surface area contributed by atoms with Crippen LogP contribution in [0.4, 0.5) is 10.7 Å². The Morgan fingerprint density at radius 2 is 1.96 bits per heavy atom. The van der Waals surface area contributed by atoms with E-state index in [9.17, 15) is 4.79 Å². The van der Waals surface area contributed by atoms with Crippen molar-refractivity contribution in [2.75, 3.05) is 18.4 Å². The number of amides is 1. The molecule has 2 rings (SSSR count). The van der Waals surface area contributed by atoms with Gasteiger partial charge in [0.15, 0.2) is 0 Å². The van der Waals surface area contributed by atoms with Crippen LogP contribution in [0.15, 0.2) is 6.07 Å². The Labute approximate surface area is 138 Å². The van der Waals surface area contributed by atoms with Gasteiger partial charge in [-0.05, 0) is 59.9 Å². The summed E-state index contributed by atoms with van der Waals surface area (Å²) in [6.45, 7) is 11.0. The lowest BCUT2D eigenvalue weighted by Gasteiger charge is -2.36. The van der Waals surface area contributed by atoms with Crippen LogP contribution in [0.1, 0.15) is 51.4 Å². The second-order valence-electron chi connectivity index (χ2n) is 7.18. The molecule has 0 saturated carbocycles. The first-order valence-corrected chi connectivity index (χ1v) is 8.30. The molecule has 2 heterocycles. The first kappa shape index (κ1) is 17.5. The fourth-order valence-corrected chi connectivity index (χ4v) is 2.79. The van der Waals surface area contributed by atoms with Crippen LogP contribution in [0.3, 0.4) is 0 Å². The van der Waals surface area contributed by atoms with Gasteiger partial charge in [0.25, 0.3) is 0 Å². The molecule has 1 aromatic heterocycles. The van der Waals surface area contributed by atoms with E-state index in [0.29, 0.717) is 12.5 Å². The van der Waals surface area contributed by atoms with E-state index >= 15 is 0 Å². The van der Waals surface area contributed by atoms with Crippen LogP contribution in [0, 0.1) is 13.8 Å². The minimum atomic E-state index is -0.469. The number of carbonyl (C=O) groups excluding carboxylic acids is 1. The number of likely N-dealkylation sites (tertiary alicyclic amines) is 1. The SMILES string of the molecule is Cc1cc(C)nc(NC[C@H]2CCCCN2C(=O)OC(C)(C)C)n1. The van der Waals surface area contributed by atoms with Gasteiger partial charge in [-0.15, -0.1) is 0 Å². The lowest BCUT2D eigenvalue weighted by atomic mass is 10.0. The van der Waals surface area contributed by atoms with Gasteiger partial charge in [0, 0.05) is 24.5 Å². The molecule has 1 aromatic rings. The van der Waals surface area contributed by atoms with E-state index in [4.69, 9.17) is 4.74 Å². The van der Waals surface area contributed by atoms with E-state index in [-0.39, 0.29) is 12.1 Å². The number of hydrogen-bond acceptors (Lipinski definition) is 5. The second-order valence-corrected chi connectivity index (χ2v) is 7.18. The molecule has 6 nitrogen and oxygen atoms in total. The van der Waals surface area contributed by atoms with Gasteiger partial charge in [-0.25, -0.2) is 14.8 Å². The van der Waals surface area contributed by atoms with Crippen LogP contribution in [0.2, 0.25) is 0 Å². The largest absolute Gasteiger partial charge is 0.444 e. The third-order valence-electron chi connectivity index (χ3n) is 3.73. The predicted molar refractivity (Wildman–Crippen MR) is 90.6 cm³/mol. The summed E-state index contributed by atoms with van der Waals surface area (Å²) < 4.78 is 5.53. The lowest BCUT2D eigenvalue weighted by molar-refractivity contribution is 0.0114. The Hall–Kier alpha value is -1.85. The average Bonchev–Trinajstić information content (AvgIpc) is 2.42. The third kappa shape index (κ3) is 5.37. The molecule has 1 amide bonds. The molecule has 128 valence electrons. The maximum atomic E-state index is 12.4. The van der Waals surface area contributed by atoms with Gasteiger partial charge in [-0.1, -0.05) is 0 Å². The number of nitrogens with zero attached hydrogens (tertiary/aromatic N) is 3. The number of aromatic nitrogens is 2. The van der Waals surface area contributed by atoms with E-state index in [1.807, 2.05) is 45.6 Å². The predicted octanol–water partition coefficient (Wildman–Crippen LogP) is 3.29. The van der Waals surface area contributed by atoms with Gasteiger partial charge in [0.1, 0.15) is 5.60 Å². The first-order valence-electron chi connectivity index (χ1n) is 8.30. The fourth-order valence-electron chi connectivity index (χ4n) is 2.79. The van der Waals surface area contributed by atoms with Gasteiger partial charge in [0.2, 0.25) is 5.95 Å². The number of hydrogen-bond donors (Lipinski definition) is 1. The Morgan fingerprint density at radius 3 is 2.57 bits per heavy atom. The molecule has 23 heavy (non-hydrogen) atoms. The Bertz CT molecular complexity index is 534. The molecule has 0 bridgehead atoms. The Morgan fingerprint density at radius 1 is 1.30 bits per heavy atom. The topological polar surface area (TPSA) is 67.4 Å². The fraction of sp³-hybridized carbons (Fsp3) is 0.706. The van der Waals surface area contributed by atoms with Crippen molar-refractivity contribution in [2.45, 2.75) is 65.5 Å². The van der Waals surface area contributed by atoms with Crippen LogP contribution in [-0.4, -0.2) is 45.7 Å². The van der Waals surface area contributed by atoms with E-state index in [2.05, 4.69) is 15.3 Å².